The van der Waals surface area contributed by atoms with Crippen molar-refractivity contribution in [2.24, 2.45) is 5.41 Å². The largest absolute Gasteiger partial charge is 0.454 e. The highest BCUT2D eigenvalue weighted by molar-refractivity contribution is 5.99. The third-order valence-corrected chi connectivity index (χ3v) is 4.77. The Bertz CT molecular complexity index is 812. The molecule has 2 aromatic carbocycles. The molecule has 0 aromatic heterocycles. The van der Waals surface area contributed by atoms with E-state index in [1.807, 2.05) is 38.1 Å². The molecule has 1 unspecified atom stereocenters. The van der Waals surface area contributed by atoms with E-state index in [0.717, 1.165) is 22.7 Å². The van der Waals surface area contributed by atoms with Crippen molar-refractivity contribution >= 4 is 17.3 Å². The second-order valence-corrected chi connectivity index (χ2v) is 6.91. The molecular weight excluding hydrogens is 304 g/mol. The molecule has 5 nitrogen and oxygen atoms in total. The highest BCUT2D eigenvalue weighted by Crippen LogP contribution is 2.48. The standard InChI is InChI=1S/C19H20N2O3/c1-11-4-6-12(7-5-11)20-17-13-8-15-16(24-10-23-15)9-14(13)21-18(22)19(17,2)3/h4-9,17,20H,10H2,1-3H3,(H,21,22). The fourth-order valence-electron chi connectivity index (χ4n) is 3.18. The Morgan fingerprint density at radius 2 is 1.79 bits per heavy atom. The molecule has 2 aromatic rings. The number of amides is 1. The molecular formula is C19H20N2O3. The van der Waals surface area contributed by atoms with Crippen molar-refractivity contribution in [3.8, 4) is 11.5 Å². The third kappa shape index (κ3) is 2.28. The van der Waals surface area contributed by atoms with Gasteiger partial charge in [0.15, 0.2) is 11.5 Å². The summed E-state index contributed by atoms with van der Waals surface area (Å²) in [6, 6.07) is 11.8. The first-order valence-corrected chi connectivity index (χ1v) is 8.03. The summed E-state index contributed by atoms with van der Waals surface area (Å²) < 4.78 is 10.9. The van der Waals surface area contributed by atoms with Gasteiger partial charge in [-0.05, 0) is 39.0 Å². The lowest BCUT2D eigenvalue weighted by Crippen LogP contribution is -2.43. The van der Waals surface area contributed by atoms with Crippen LogP contribution in [0.1, 0.15) is 31.0 Å². The number of hydrogen-bond acceptors (Lipinski definition) is 4. The number of aryl methyl sites for hydroxylation is 1. The Morgan fingerprint density at radius 1 is 1.12 bits per heavy atom. The Balaban J connectivity index is 1.78. The highest BCUT2D eigenvalue weighted by Gasteiger charge is 2.43. The maximum Gasteiger partial charge on any atom is 0.232 e. The third-order valence-electron chi connectivity index (χ3n) is 4.77. The van der Waals surface area contributed by atoms with Gasteiger partial charge in [-0.15, -0.1) is 0 Å². The van der Waals surface area contributed by atoms with Crippen molar-refractivity contribution < 1.29 is 14.3 Å². The SMILES string of the molecule is Cc1ccc(NC2c3cc4c(cc3NC(=O)C2(C)C)OCO4)cc1. The number of rotatable bonds is 2. The van der Waals surface area contributed by atoms with E-state index in [-0.39, 0.29) is 18.7 Å². The van der Waals surface area contributed by atoms with Gasteiger partial charge in [0.25, 0.3) is 0 Å². The van der Waals surface area contributed by atoms with Gasteiger partial charge in [0.05, 0.1) is 11.5 Å². The summed E-state index contributed by atoms with van der Waals surface area (Å²) in [4.78, 5) is 12.6. The van der Waals surface area contributed by atoms with Gasteiger partial charge in [0.1, 0.15) is 0 Å². The summed E-state index contributed by atoms with van der Waals surface area (Å²) in [6.07, 6.45) is 0. The molecule has 1 amide bonds. The van der Waals surface area contributed by atoms with Crippen LogP contribution in [0.4, 0.5) is 11.4 Å². The topological polar surface area (TPSA) is 59.6 Å². The van der Waals surface area contributed by atoms with E-state index in [4.69, 9.17) is 9.47 Å². The van der Waals surface area contributed by atoms with Crippen molar-refractivity contribution in [1.29, 1.82) is 0 Å². The molecule has 0 saturated carbocycles. The molecule has 5 heteroatoms. The molecule has 24 heavy (non-hydrogen) atoms. The molecule has 0 bridgehead atoms. The van der Waals surface area contributed by atoms with E-state index >= 15 is 0 Å². The first kappa shape index (κ1) is 14.9. The molecule has 2 aliphatic rings. The van der Waals surface area contributed by atoms with Crippen molar-refractivity contribution in [2.45, 2.75) is 26.8 Å². The molecule has 4 rings (SSSR count). The van der Waals surface area contributed by atoms with Gasteiger partial charge in [-0.25, -0.2) is 0 Å². The molecule has 0 saturated heterocycles. The summed E-state index contributed by atoms with van der Waals surface area (Å²) in [5.74, 6) is 1.37. The predicted molar refractivity (Wildman–Crippen MR) is 92.5 cm³/mol. The number of carbonyl (C=O) groups excluding carboxylic acids is 1. The molecule has 0 radical (unpaired) electrons. The molecule has 2 heterocycles. The van der Waals surface area contributed by atoms with Crippen LogP contribution in [0.5, 0.6) is 11.5 Å². The quantitative estimate of drug-likeness (QED) is 0.881. The Labute approximate surface area is 141 Å². The Kier molecular flexibility index (Phi) is 3.20. The van der Waals surface area contributed by atoms with Crippen LogP contribution in [-0.2, 0) is 4.79 Å². The first-order chi connectivity index (χ1) is 11.4. The lowest BCUT2D eigenvalue weighted by atomic mass is 9.76. The number of fused-ring (bicyclic) bond motifs is 2. The molecule has 2 aliphatic heterocycles. The Hall–Kier alpha value is -2.69. The van der Waals surface area contributed by atoms with Gasteiger partial charge >= 0.3 is 0 Å². The number of carbonyl (C=O) groups is 1. The number of ether oxygens (including phenoxy) is 2. The van der Waals surface area contributed by atoms with Crippen LogP contribution in [0, 0.1) is 12.3 Å². The van der Waals surface area contributed by atoms with E-state index in [9.17, 15) is 4.79 Å². The average Bonchev–Trinajstić information content (AvgIpc) is 2.99. The minimum atomic E-state index is -0.606. The molecule has 124 valence electrons. The van der Waals surface area contributed by atoms with Gasteiger partial charge in [-0.1, -0.05) is 17.7 Å². The van der Waals surface area contributed by atoms with Crippen LogP contribution in [0.25, 0.3) is 0 Å². The summed E-state index contributed by atoms with van der Waals surface area (Å²) in [5, 5.41) is 6.51. The minimum absolute atomic E-state index is 0.0153. The van der Waals surface area contributed by atoms with E-state index in [1.54, 1.807) is 0 Å². The van der Waals surface area contributed by atoms with Crippen LogP contribution in [0.2, 0.25) is 0 Å². The smallest absolute Gasteiger partial charge is 0.232 e. The summed E-state index contributed by atoms with van der Waals surface area (Å²) in [5.41, 5.74) is 3.35. The van der Waals surface area contributed by atoms with Crippen molar-refractivity contribution in [1.82, 2.24) is 0 Å². The maximum absolute atomic E-state index is 12.6. The highest BCUT2D eigenvalue weighted by atomic mass is 16.7. The van der Waals surface area contributed by atoms with E-state index < -0.39 is 5.41 Å². The molecule has 0 spiro atoms. The zero-order valence-electron chi connectivity index (χ0n) is 14.0. The van der Waals surface area contributed by atoms with Gasteiger partial charge < -0.3 is 20.1 Å². The predicted octanol–water partition coefficient (Wildman–Crippen LogP) is 3.86. The lowest BCUT2D eigenvalue weighted by molar-refractivity contribution is -0.125. The number of nitrogens with one attached hydrogen (secondary N) is 2. The Morgan fingerprint density at radius 3 is 2.50 bits per heavy atom. The van der Waals surface area contributed by atoms with E-state index in [1.165, 1.54) is 5.56 Å². The molecule has 0 aliphatic carbocycles. The van der Waals surface area contributed by atoms with E-state index in [2.05, 4.69) is 29.7 Å². The van der Waals surface area contributed by atoms with Crippen molar-refractivity contribution in [3.05, 3.63) is 47.5 Å². The summed E-state index contributed by atoms with van der Waals surface area (Å²) >= 11 is 0. The zero-order valence-corrected chi connectivity index (χ0v) is 14.0. The fourth-order valence-corrected chi connectivity index (χ4v) is 3.18. The lowest BCUT2D eigenvalue weighted by Gasteiger charge is -2.39. The number of benzene rings is 2. The number of hydrogen-bond donors (Lipinski definition) is 2. The second kappa shape index (κ2) is 5.16. The van der Waals surface area contributed by atoms with E-state index in [0.29, 0.717) is 5.75 Å². The van der Waals surface area contributed by atoms with Crippen LogP contribution in [0.3, 0.4) is 0 Å². The van der Waals surface area contributed by atoms with Crippen LogP contribution < -0.4 is 20.1 Å². The number of anilines is 2. The summed E-state index contributed by atoms with van der Waals surface area (Å²) in [7, 11) is 0. The van der Waals surface area contributed by atoms with Gasteiger partial charge in [-0.3, -0.25) is 4.79 Å². The average molecular weight is 324 g/mol. The van der Waals surface area contributed by atoms with Crippen LogP contribution >= 0.6 is 0 Å². The minimum Gasteiger partial charge on any atom is -0.454 e. The van der Waals surface area contributed by atoms with Crippen LogP contribution in [-0.4, -0.2) is 12.7 Å². The monoisotopic (exact) mass is 324 g/mol. The van der Waals surface area contributed by atoms with Crippen molar-refractivity contribution in [3.63, 3.8) is 0 Å². The maximum atomic E-state index is 12.6. The zero-order chi connectivity index (χ0) is 16.9. The molecule has 0 fully saturated rings. The van der Waals surface area contributed by atoms with Crippen LogP contribution in [0.15, 0.2) is 36.4 Å². The molecule has 2 N–H and O–H groups in total. The van der Waals surface area contributed by atoms with Gasteiger partial charge in [0, 0.05) is 23.0 Å². The molecule has 1 atom stereocenters. The normalized spacial score (nSPS) is 20.3. The van der Waals surface area contributed by atoms with Gasteiger partial charge in [-0.2, -0.15) is 0 Å². The van der Waals surface area contributed by atoms with Gasteiger partial charge in [0.2, 0.25) is 12.7 Å². The second-order valence-electron chi connectivity index (χ2n) is 6.91. The summed E-state index contributed by atoms with van der Waals surface area (Å²) in [6.45, 7) is 6.16. The van der Waals surface area contributed by atoms with Crippen molar-refractivity contribution in [2.75, 3.05) is 17.4 Å². The fraction of sp³-hybridized carbons (Fsp3) is 0.316. The first-order valence-electron chi connectivity index (χ1n) is 8.03.